The van der Waals surface area contributed by atoms with Gasteiger partial charge in [0, 0.05) is 26.2 Å². The van der Waals surface area contributed by atoms with Crippen LogP contribution in [0, 0.1) is 10.1 Å². The molecule has 0 N–H and O–H groups in total. The molecule has 0 aliphatic carbocycles. The van der Waals surface area contributed by atoms with Crippen LogP contribution in [0.1, 0.15) is 0 Å². The quantitative estimate of drug-likeness (QED) is 0.624. The molecule has 0 spiro atoms. The van der Waals surface area contributed by atoms with E-state index in [0.29, 0.717) is 17.1 Å². The van der Waals surface area contributed by atoms with Gasteiger partial charge in [0.25, 0.3) is 11.7 Å². The first-order valence-corrected chi connectivity index (χ1v) is 6.60. The van der Waals surface area contributed by atoms with Crippen LogP contribution in [0.3, 0.4) is 0 Å². The van der Waals surface area contributed by atoms with Gasteiger partial charge in [-0.05, 0) is 13.1 Å². The lowest BCUT2D eigenvalue weighted by atomic mass is 10.3. The van der Waals surface area contributed by atoms with E-state index in [1.807, 2.05) is 4.90 Å². The van der Waals surface area contributed by atoms with Crippen LogP contribution in [0.2, 0.25) is 5.02 Å². The first kappa shape index (κ1) is 13.1. The Morgan fingerprint density at radius 3 is 2.70 bits per heavy atom. The molecule has 0 amide bonds. The highest BCUT2D eigenvalue weighted by atomic mass is 35.5. The van der Waals surface area contributed by atoms with Crippen molar-refractivity contribution in [2.24, 2.45) is 0 Å². The van der Waals surface area contributed by atoms with Gasteiger partial charge in [0.05, 0.1) is 11.0 Å². The Hall–Kier alpha value is -1.86. The second kappa shape index (κ2) is 4.92. The van der Waals surface area contributed by atoms with Crippen LogP contribution in [-0.2, 0) is 0 Å². The molecule has 0 saturated carbocycles. The second-order valence-corrected chi connectivity index (χ2v) is 5.22. The van der Waals surface area contributed by atoms with Crippen molar-refractivity contribution in [3.05, 3.63) is 27.3 Å². The highest BCUT2D eigenvalue weighted by Crippen LogP contribution is 2.32. The molecule has 3 rings (SSSR count). The molecule has 1 aromatic heterocycles. The number of oxazole rings is 1. The van der Waals surface area contributed by atoms with E-state index in [1.54, 1.807) is 0 Å². The van der Waals surface area contributed by atoms with Gasteiger partial charge < -0.3 is 14.2 Å². The zero-order valence-electron chi connectivity index (χ0n) is 10.9. The number of likely N-dealkylation sites (N-methyl/N-ethyl adjacent to an activating group) is 1. The van der Waals surface area contributed by atoms with Crippen molar-refractivity contribution in [2.75, 3.05) is 38.1 Å². The predicted octanol–water partition coefficient (Wildman–Crippen LogP) is 2.14. The lowest BCUT2D eigenvalue weighted by Crippen LogP contribution is -2.44. The van der Waals surface area contributed by atoms with Crippen molar-refractivity contribution < 1.29 is 9.34 Å². The Balaban J connectivity index is 1.96. The predicted molar refractivity (Wildman–Crippen MR) is 75.4 cm³/mol. The highest BCUT2D eigenvalue weighted by molar-refractivity contribution is 6.33. The van der Waals surface area contributed by atoms with Gasteiger partial charge in [0.2, 0.25) is 0 Å². The van der Waals surface area contributed by atoms with Gasteiger partial charge in [-0.2, -0.15) is 4.98 Å². The van der Waals surface area contributed by atoms with E-state index in [9.17, 15) is 10.1 Å². The van der Waals surface area contributed by atoms with Gasteiger partial charge >= 0.3 is 0 Å². The van der Waals surface area contributed by atoms with Gasteiger partial charge in [-0.1, -0.05) is 11.6 Å². The van der Waals surface area contributed by atoms with E-state index in [0.717, 1.165) is 26.2 Å². The van der Waals surface area contributed by atoms with Crippen LogP contribution < -0.4 is 4.90 Å². The van der Waals surface area contributed by atoms with E-state index < -0.39 is 4.92 Å². The second-order valence-electron chi connectivity index (χ2n) is 4.82. The Labute approximate surface area is 119 Å². The molecule has 8 heteroatoms. The lowest BCUT2D eigenvalue weighted by Gasteiger charge is -2.31. The zero-order chi connectivity index (χ0) is 14.3. The number of nitro groups is 1. The number of hydrogen-bond acceptors (Lipinski definition) is 6. The summed E-state index contributed by atoms with van der Waals surface area (Å²) in [5.74, 6) is 0. The summed E-state index contributed by atoms with van der Waals surface area (Å²) in [6, 6.07) is 3.28. The van der Waals surface area contributed by atoms with Crippen LogP contribution >= 0.6 is 11.6 Å². The molecule has 1 fully saturated rings. The highest BCUT2D eigenvalue weighted by Gasteiger charge is 2.21. The number of halogens is 1. The molecule has 1 aromatic carbocycles. The van der Waals surface area contributed by atoms with Crippen LogP contribution in [-0.4, -0.2) is 48.0 Å². The third kappa shape index (κ3) is 2.30. The number of aromatic nitrogens is 1. The molecule has 106 valence electrons. The molecular weight excluding hydrogens is 284 g/mol. The largest absolute Gasteiger partial charge is 0.423 e. The Kier molecular flexibility index (Phi) is 3.23. The van der Waals surface area contributed by atoms with E-state index in [2.05, 4.69) is 16.9 Å². The number of piperazine rings is 1. The van der Waals surface area contributed by atoms with Crippen molar-refractivity contribution in [3.8, 4) is 0 Å². The number of nitrogens with zero attached hydrogens (tertiary/aromatic N) is 4. The van der Waals surface area contributed by atoms with Gasteiger partial charge in [-0.25, -0.2) is 0 Å². The van der Waals surface area contributed by atoms with Crippen molar-refractivity contribution >= 4 is 34.4 Å². The number of rotatable bonds is 2. The van der Waals surface area contributed by atoms with E-state index in [-0.39, 0.29) is 10.7 Å². The summed E-state index contributed by atoms with van der Waals surface area (Å²) in [6.45, 7) is 3.50. The third-order valence-corrected chi connectivity index (χ3v) is 3.72. The zero-order valence-corrected chi connectivity index (χ0v) is 11.6. The Morgan fingerprint density at radius 1 is 1.35 bits per heavy atom. The number of fused-ring (bicyclic) bond motifs is 1. The average molecular weight is 297 g/mol. The minimum Gasteiger partial charge on any atom is -0.423 e. The first-order valence-electron chi connectivity index (χ1n) is 6.22. The number of hydrogen-bond donors (Lipinski definition) is 0. The maximum atomic E-state index is 10.9. The van der Waals surface area contributed by atoms with Crippen molar-refractivity contribution in [2.45, 2.75) is 0 Å². The summed E-state index contributed by atoms with van der Waals surface area (Å²) in [7, 11) is 2.06. The fourth-order valence-electron chi connectivity index (χ4n) is 2.20. The maximum Gasteiger partial charge on any atom is 0.298 e. The average Bonchev–Trinajstić information content (AvgIpc) is 2.81. The molecule has 2 heterocycles. The topological polar surface area (TPSA) is 75.7 Å². The first-order chi connectivity index (χ1) is 9.54. The SMILES string of the molecule is CN1CCN(c2nc3cc(Cl)c([N+](=O)[O-])cc3o2)CC1. The molecule has 1 aliphatic rings. The van der Waals surface area contributed by atoms with Gasteiger partial charge in [0.15, 0.2) is 5.58 Å². The fourth-order valence-corrected chi connectivity index (χ4v) is 2.43. The van der Waals surface area contributed by atoms with Crippen LogP contribution in [0.4, 0.5) is 11.7 Å². The minimum absolute atomic E-state index is 0.0701. The Bertz CT molecular complexity index is 664. The van der Waals surface area contributed by atoms with Crippen molar-refractivity contribution in [1.29, 1.82) is 0 Å². The molecule has 2 aromatic rings. The van der Waals surface area contributed by atoms with Crippen molar-refractivity contribution in [1.82, 2.24) is 9.88 Å². The number of nitro benzene ring substituents is 1. The fraction of sp³-hybridized carbons (Fsp3) is 0.417. The molecular formula is C12H13ClN4O3. The normalized spacial score (nSPS) is 16.8. The van der Waals surface area contributed by atoms with Crippen LogP contribution in [0.5, 0.6) is 0 Å². The van der Waals surface area contributed by atoms with Gasteiger partial charge in [-0.15, -0.1) is 0 Å². The van der Waals surface area contributed by atoms with E-state index in [4.69, 9.17) is 16.0 Å². The van der Waals surface area contributed by atoms with Crippen LogP contribution in [0.25, 0.3) is 11.1 Å². The molecule has 1 aliphatic heterocycles. The van der Waals surface area contributed by atoms with Gasteiger partial charge in [-0.3, -0.25) is 10.1 Å². The molecule has 7 nitrogen and oxygen atoms in total. The standard InChI is InChI=1S/C12H13ClN4O3/c1-15-2-4-16(5-3-15)12-14-9-6-8(13)10(17(18)19)7-11(9)20-12/h6-7H,2-5H2,1H3. The molecule has 0 bridgehead atoms. The van der Waals surface area contributed by atoms with Crippen LogP contribution in [0.15, 0.2) is 16.5 Å². The van der Waals surface area contributed by atoms with E-state index in [1.165, 1.54) is 12.1 Å². The number of benzene rings is 1. The monoisotopic (exact) mass is 296 g/mol. The van der Waals surface area contributed by atoms with Crippen molar-refractivity contribution in [3.63, 3.8) is 0 Å². The summed E-state index contributed by atoms with van der Waals surface area (Å²) in [6.07, 6.45) is 0. The molecule has 20 heavy (non-hydrogen) atoms. The summed E-state index contributed by atoms with van der Waals surface area (Å²) in [5.41, 5.74) is 0.754. The lowest BCUT2D eigenvalue weighted by molar-refractivity contribution is -0.384. The molecule has 0 radical (unpaired) electrons. The molecule has 0 unspecified atom stereocenters. The smallest absolute Gasteiger partial charge is 0.298 e. The minimum atomic E-state index is -0.528. The number of anilines is 1. The Morgan fingerprint density at radius 2 is 2.05 bits per heavy atom. The summed E-state index contributed by atoms with van der Waals surface area (Å²) in [5, 5.41) is 10.9. The third-order valence-electron chi connectivity index (χ3n) is 3.42. The maximum absolute atomic E-state index is 10.9. The van der Waals surface area contributed by atoms with E-state index >= 15 is 0 Å². The molecule has 0 atom stereocenters. The summed E-state index contributed by atoms with van der Waals surface area (Å²) >= 11 is 5.87. The summed E-state index contributed by atoms with van der Waals surface area (Å²) < 4.78 is 5.62. The van der Waals surface area contributed by atoms with Gasteiger partial charge in [0.1, 0.15) is 10.5 Å². The molecule has 1 saturated heterocycles. The summed E-state index contributed by atoms with van der Waals surface area (Å²) in [4.78, 5) is 18.9.